The number of methoxy groups -OCH3 is 4. The molecule has 3 rings (SSSR count). The minimum absolute atomic E-state index is 0.200. The molecule has 0 amide bonds. The van der Waals surface area contributed by atoms with Crippen LogP contribution in [-0.4, -0.2) is 28.4 Å². The minimum Gasteiger partial charge on any atom is -0.493 e. The Morgan fingerprint density at radius 2 is 1.62 bits per heavy atom. The Balaban J connectivity index is 2.44. The maximum atomic E-state index is 12.2. The lowest BCUT2D eigenvalue weighted by Crippen LogP contribution is -2.10. The second kappa shape index (κ2) is 7.25. The number of fused-ring (bicyclic) bond motifs is 3. The average molecular weight is 357 g/mol. The summed E-state index contributed by atoms with van der Waals surface area (Å²) in [7, 11) is 6.23. The highest BCUT2D eigenvalue weighted by molar-refractivity contribution is 5.82. The molecule has 138 valence electrons. The normalized spacial score (nSPS) is 15.3. The molecule has 2 N–H and O–H groups in total. The molecule has 6 nitrogen and oxygen atoms in total. The van der Waals surface area contributed by atoms with Crippen molar-refractivity contribution in [2.75, 3.05) is 28.4 Å². The summed E-state index contributed by atoms with van der Waals surface area (Å²) in [6, 6.07) is 6.71. The maximum Gasteiger partial charge on any atom is 0.220 e. The van der Waals surface area contributed by atoms with E-state index in [0.29, 0.717) is 17.2 Å². The van der Waals surface area contributed by atoms with Gasteiger partial charge in [0.2, 0.25) is 11.2 Å². The van der Waals surface area contributed by atoms with Crippen LogP contribution in [0.1, 0.15) is 23.6 Å². The zero-order chi connectivity index (χ0) is 18.8. The lowest BCUT2D eigenvalue weighted by molar-refractivity contribution is 0.324. The van der Waals surface area contributed by atoms with Gasteiger partial charge in [-0.15, -0.1) is 0 Å². The maximum absolute atomic E-state index is 12.2. The fourth-order valence-corrected chi connectivity index (χ4v) is 3.49. The van der Waals surface area contributed by atoms with Crippen molar-refractivity contribution >= 4 is 0 Å². The molecule has 2 aromatic rings. The van der Waals surface area contributed by atoms with Gasteiger partial charge in [-0.05, 0) is 53.8 Å². The molecular formula is C20H23NO5. The van der Waals surface area contributed by atoms with Gasteiger partial charge in [0.1, 0.15) is 0 Å². The van der Waals surface area contributed by atoms with Crippen molar-refractivity contribution in [1.29, 1.82) is 0 Å². The summed E-state index contributed by atoms with van der Waals surface area (Å²) in [6.45, 7) is 0. The fourth-order valence-electron chi connectivity index (χ4n) is 3.49. The number of hydrogen-bond acceptors (Lipinski definition) is 6. The summed E-state index contributed by atoms with van der Waals surface area (Å²) in [4.78, 5) is 12.2. The van der Waals surface area contributed by atoms with E-state index < -0.39 is 0 Å². The van der Waals surface area contributed by atoms with Gasteiger partial charge in [0.25, 0.3) is 0 Å². The summed E-state index contributed by atoms with van der Waals surface area (Å²) < 4.78 is 21.9. The van der Waals surface area contributed by atoms with Gasteiger partial charge < -0.3 is 24.7 Å². The number of nitrogens with two attached hydrogens (primary N) is 1. The molecular weight excluding hydrogens is 334 g/mol. The SMILES string of the molecule is COc1cc2c(c(OC)c1OC)-c1ccc(=O)c(OC)cc1[C@@H](N)CC2. The second-order valence-corrected chi connectivity index (χ2v) is 6.10. The highest BCUT2D eigenvalue weighted by Gasteiger charge is 2.27. The monoisotopic (exact) mass is 357 g/mol. The predicted molar refractivity (Wildman–Crippen MR) is 99.6 cm³/mol. The lowest BCUT2D eigenvalue weighted by Gasteiger charge is -2.19. The zero-order valence-electron chi connectivity index (χ0n) is 15.4. The molecule has 0 saturated heterocycles. The van der Waals surface area contributed by atoms with Crippen molar-refractivity contribution in [2.45, 2.75) is 18.9 Å². The van der Waals surface area contributed by atoms with Crippen molar-refractivity contribution in [3.05, 3.63) is 45.6 Å². The Labute approximate surface area is 152 Å². The predicted octanol–water partition coefficient (Wildman–Crippen LogP) is 2.69. The van der Waals surface area contributed by atoms with Crippen molar-refractivity contribution in [3.63, 3.8) is 0 Å². The van der Waals surface area contributed by atoms with E-state index in [-0.39, 0.29) is 17.2 Å². The molecule has 0 heterocycles. The van der Waals surface area contributed by atoms with Crippen LogP contribution in [0.4, 0.5) is 0 Å². The highest BCUT2D eigenvalue weighted by Crippen LogP contribution is 2.50. The van der Waals surface area contributed by atoms with Crippen LogP contribution < -0.4 is 30.1 Å². The van der Waals surface area contributed by atoms with Crippen LogP contribution >= 0.6 is 0 Å². The molecule has 0 aromatic heterocycles. The van der Waals surface area contributed by atoms with E-state index in [1.165, 1.54) is 13.2 Å². The third-order valence-corrected chi connectivity index (χ3v) is 4.77. The van der Waals surface area contributed by atoms with E-state index in [1.54, 1.807) is 33.5 Å². The van der Waals surface area contributed by atoms with E-state index in [0.717, 1.165) is 35.1 Å². The third-order valence-electron chi connectivity index (χ3n) is 4.77. The highest BCUT2D eigenvalue weighted by atomic mass is 16.5. The number of aryl methyl sites for hydroxylation is 1. The molecule has 0 unspecified atom stereocenters. The molecule has 2 aromatic carbocycles. The van der Waals surface area contributed by atoms with Crippen LogP contribution in [0.2, 0.25) is 0 Å². The Morgan fingerprint density at radius 1 is 0.923 bits per heavy atom. The van der Waals surface area contributed by atoms with E-state index in [4.69, 9.17) is 24.7 Å². The number of benzene rings is 1. The Kier molecular flexibility index (Phi) is 5.04. The van der Waals surface area contributed by atoms with Crippen LogP contribution in [0.5, 0.6) is 23.0 Å². The van der Waals surface area contributed by atoms with Crippen LogP contribution in [0.25, 0.3) is 11.1 Å². The summed E-state index contributed by atoms with van der Waals surface area (Å²) in [5, 5.41) is 0. The van der Waals surface area contributed by atoms with E-state index >= 15 is 0 Å². The first-order valence-corrected chi connectivity index (χ1v) is 8.35. The fraction of sp³-hybridized carbons (Fsp3) is 0.350. The number of rotatable bonds is 4. The Bertz CT molecular complexity index is 894. The quantitative estimate of drug-likeness (QED) is 0.906. The molecule has 0 saturated carbocycles. The van der Waals surface area contributed by atoms with Gasteiger partial charge in [0.05, 0.1) is 28.4 Å². The van der Waals surface area contributed by atoms with Crippen molar-refractivity contribution < 1.29 is 18.9 Å². The molecule has 6 heteroatoms. The molecule has 0 fully saturated rings. The Hall–Kier alpha value is -2.73. The first-order chi connectivity index (χ1) is 12.5. The van der Waals surface area contributed by atoms with Gasteiger partial charge in [0.15, 0.2) is 17.2 Å². The molecule has 0 radical (unpaired) electrons. The van der Waals surface area contributed by atoms with E-state index in [2.05, 4.69) is 0 Å². The topological polar surface area (TPSA) is 80.0 Å². The standard InChI is InChI=1S/C20H23NO5/c1-23-16-10-13-12(6-8-15(16)22)18-11(5-7-14(13)21)9-17(24-2)19(25-3)20(18)26-4/h6,8-10,14H,5,7,21H2,1-4H3/t14-/m0/s1. The molecule has 1 atom stereocenters. The summed E-state index contributed by atoms with van der Waals surface area (Å²) >= 11 is 0. The molecule has 1 aliphatic carbocycles. The van der Waals surface area contributed by atoms with E-state index in [1.807, 2.05) is 6.07 Å². The molecule has 1 aliphatic rings. The second-order valence-electron chi connectivity index (χ2n) is 6.10. The summed E-state index contributed by atoms with van der Waals surface area (Å²) in [5.41, 5.74) is 9.80. The zero-order valence-corrected chi connectivity index (χ0v) is 15.4. The summed E-state index contributed by atoms with van der Waals surface area (Å²) in [6.07, 6.45) is 1.47. The van der Waals surface area contributed by atoms with Crippen LogP contribution in [0.15, 0.2) is 29.1 Å². The van der Waals surface area contributed by atoms with Gasteiger partial charge in [0, 0.05) is 11.6 Å². The number of ether oxygens (including phenoxy) is 4. The van der Waals surface area contributed by atoms with Gasteiger partial charge >= 0.3 is 0 Å². The van der Waals surface area contributed by atoms with Gasteiger partial charge in [-0.1, -0.05) is 0 Å². The van der Waals surface area contributed by atoms with Crippen LogP contribution in [0.3, 0.4) is 0 Å². The van der Waals surface area contributed by atoms with Gasteiger partial charge in [-0.3, -0.25) is 4.79 Å². The van der Waals surface area contributed by atoms with Crippen molar-refractivity contribution in [2.24, 2.45) is 5.73 Å². The van der Waals surface area contributed by atoms with Crippen molar-refractivity contribution in [1.82, 2.24) is 0 Å². The lowest BCUT2D eigenvalue weighted by atomic mass is 9.95. The summed E-state index contributed by atoms with van der Waals surface area (Å²) in [5.74, 6) is 1.94. The molecule has 0 bridgehead atoms. The largest absolute Gasteiger partial charge is 0.493 e. The molecule has 0 aliphatic heterocycles. The number of hydrogen-bond donors (Lipinski definition) is 1. The minimum atomic E-state index is -0.236. The van der Waals surface area contributed by atoms with Crippen molar-refractivity contribution in [3.8, 4) is 34.1 Å². The Morgan fingerprint density at radius 3 is 2.23 bits per heavy atom. The van der Waals surface area contributed by atoms with Crippen LogP contribution in [-0.2, 0) is 6.42 Å². The average Bonchev–Trinajstić information content (AvgIpc) is 2.90. The third kappa shape index (κ3) is 2.86. The van der Waals surface area contributed by atoms with Gasteiger partial charge in [-0.2, -0.15) is 0 Å². The first kappa shape index (κ1) is 18.1. The first-order valence-electron chi connectivity index (χ1n) is 8.35. The van der Waals surface area contributed by atoms with Crippen LogP contribution in [0, 0.1) is 0 Å². The molecule has 0 spiro atoms. The smallest absolute Gasteiger partial charge is 0.220 e. The molecule has 26 heavy (non-hydrogen) atoms. The van der Waals surface area contributed by atoms with E-state index in [9.17, 15) is 4.79 Å². The van der Waals surface area contributed by atoms with Gasteiger partial charge in [-0.25, -0.2) is 0 Å².